The Labute approximate surface area is 178 Å². The molecule has 2 heterocycles. The third kappa shape index (κ3) is 4.83. The van der Waals surface area contributed by atoms with E-state index in [-0.39, 0.29) is 24.6 Å². The fraction of sp³-hybridized carbons (Fsp3) is 0.667. The third-order valence-electron chi connectivity index (χ3n) is 5.83. The number of ether oxygens (including phenoxy) is 3. The number of carbonyl (C=O) groups excluding carboxylic acids is 2. The highest BCUT2D eigenvalue weighted by Crippen LogP contribution is 2.34. The molecule has 1 aromatic heterocycles. The molecule has 1 aliphatic carbocycles. The van der Waals surface area contributed by atoms with Crippen LogP contribution in [-0.4, -0.2) is 62.1 Å². The van der Waals surface area contributed by atoms with Crippen molar-refractivity contribution in [1.82, 2.24) is 10.3 Å². The van der Waals surface area contributed by atoms with E-state index >= 15 is 0 Å². The summed E-state index contributed by atoms with van der Waals surface area (Å²) in [5.41, 5.74) is -0.793. The number of rotatable bonds is 11. The van der Waals surface area contributed by atoms with E-state index in [1.165, 1.54) is 6.07 Å². The number of amides is 1. The molecule has 1 aromatic rings. The van der Waals surface area contributed by atoms with Crippen molar-refractivity contribution in [3.63, 3.8) is 0 Å². The maximum Gasteiger partial charge on any atom is 0.334 e. The zero-order valence-electron chi connectivity index (χ0n) is 19.6. The molecule has 0 radical (unpaired) electrons. The topological polar surface area (TPSA) is 90.0 Å². The Morgan fingerprint density at radius 1 is 1.33 bits per heavy atom. The van der Waals surface area contributed by atoms with Crippen LogP contribution in [-0.2, 0) is 14.3 Å². The normalized spacial score (nSPS) is 18.2. The van der Waals surface area contributed by atoms with E-state index in [2.05, 4.69) is 15.0 Å². The molecule has 1 saturated carbocycles. The van der Waals surface area contributed by atoms with Gasteiger partial charge in [0.15, 0.2) is 0 Å². The molecule has 0 unspecified atom stereocenters. The van der Waals surface area contributed by atoms with Crippen LogP contribution in [0.3, 0.4) is 0 Å². The highest BCUT2D eigenvalue weighted by atomic mass is 19.1. The first-order chi connectivity index (χ1) is 15.1. The predicted octanol–water partition coefficient (Wildman–Crippen LogP) is 2.46. The number of hydrogen-bond donors (Lipinski definition) is 1. The summed E-state index contributed by atoms with van der Waals surface area (Å²) in [6, 6.07) is 3.28. The Morgan fingerprint density at radius 3 is 2.60 bits per heavy atom. The number of halogens is 1. The van der Waals surface area contributed by atoms with Crippen molar-refractivity contribution < 1.29 is 30.9 Å². The van der Waals surface area contributed by atoms with E-state index < -0.39 is 24.2 Å². The summed E-state index contributed by atoms with van der Waals surface area (Å²) < 4.78 is 42.5. The molecule has 1 N–H and O–H groups in total. The van der Waals surface area contributed by atoms with E-state index in [9.17, 15) is 14.0 Å². The smallest absolute Gasteiger partial charge is 0.334 e. The maximum absolute atomic E-state index is 13.3. The Balaban J connectivity index is 1.79. The zero-order chi connectivity index (χ0) is 23.5. The number of alkyl halides is 1. The first kappa shape index (κ1) is 19.5. The molecule has 166 valence electrons. The molecule has 1 amide bonds. The fourth-order valence-corrected chi connectivity index (χ4v) is 3.35. The van der Waals surface area contributed by atoms with E-state index in [1.807, 2.05) is 4.90 Å². The van der Waals surface area contributed by atoms with Crippen molar-refractivity contribution >= 4 is 17.6 Å². The van der Waals surface area contributed by atoms with Crippen molar-refractivity contribution in [2.45, 2.75) is 51.2 Å². The highest BCUT2D eigenvalue weighted by molar-refractivity contribution is 5.97. The first-order valence-electron chi connectivity index (χ1n) is 11.3. The van der Waals surface area contributed by atoms with Crippen LogP contribution in [0.15, 0.2) is 12.1 Å². The van der Waals surface area contributed by atoms with Crippen LogP contribution in [0.5, 0.6) is 5.88 Å². The van der Waals surface area contributed by atoms with E-state index in [4.69, 9.17) is 12.2 Å². The van der Waals surface area contributed by atoms with Crippen LogP contribution in [0, 0.1) is 5.92 Å². The van der Waals surface area contributed by atoms with Gasteiger partial charge in [-0.3, -0.25) is 4.79 Å². The largest absolute Gasteiger partial charge is 0.476 e. The van der Waals surface area contributed by atoms with Crippen LogP contribution in [0.25, 0.3) is 0 Å². The Hall–Kier alpha value is -2.42. The average Bonchev–Trinajstić information content (AvgIpc) is 3.53. The van der Waals surface area contributed by atoms with E-state index in [0.717, 1.165) is 18.5 Å². The van der Waals surface area contributed by atoms with Gasteiger partial charge in [0.25, 0.3) is 5.91 Å². The number of carbonyl (C=O) groups is 2. The molecule has 2 aliphatic rings. The van der Waals surface area contributed by atoms with Crippen molar-refractivity contribution in [2.75, 3.05) is 38.5 Å². The van der Waals surface area contributed by atoms with Crippen molar-refractivity contribution in [3.05, 3.63) is 17.8 Å². The lowest BCUT2D eigenvalue weighted by Crippen LogP contribution is -2.54. The van der Waals surface area contributed by atoms with Crippen LogP contribution < -0.4 is 15.0 Å². The van der Waals surface area contributed by atoms with Crippen molar-refractivity contribution in [2.24, 2.45) is 5.92 Å². The number of nitrogens with one attached hydrogen (secondary N) is 1. The van der Waals surface area contributed by atoms with Crippen LogP contribution in [0.2, 0.25) is 0 Å². The molecule has 9 heteroatoms. The number of nitrogens with zero attached hydrogens (tertiary/aromatic N) is 2. The monoisotopic (exact) mass is 425 g/mol. The second kappa shape index (κ2) is 9.59. The number of aromatic nitrogens is 1. The van der Waals surface area contributed by atoms with Gasteiger partial charge in [-0.2, -0.15) is 0 Å². The Bertz CT molecular complexity index is 837. The number of hydrogen-bond acceptors (Lipinski definition) is 7. The van der Waals surface area contributed by atoms with E-state index in [0.29, 0.717) is 31.5 Å². The molecule has 0 bridgehead atoms. The average molecular weight is 425 g/mol. The summed E-state index contributed by atoms with van der Waals surface area (Å²) >= 11 is 0. The molecule has 0 aromatic carbocycles. The highest BCUT2D eigenvalue weighted by Gasteiger charge is 2.39. The quantitative estimate of drug-likeness (QED) is 0.545. The Morgan fingerprint density at radius 2 is 2.03 bits per heavy atom. The minimum atomic E-state index is -3.64. The molecule has 1 saturated heterocycles. The van der Waals surface area contributed by atoms with Gasteiger partial charge in [-0.1, -0.05) is 13.8 Å². The predicted molar refractivity (Wildman–Crippen MR) is 108 cm³/mol. The van der Waals surface area contributed by atoms with Crippen molar-refractivity contribution in [3.8, 4) is 5.88 Å². The summed E-state index contributed by atoms with van der Waals surface area (Å²) in [6.45, 7) is 1.49. The zero-order valence-corrected chi connectivity index (χ0v) is 17.6. The maximum atomic E-state index is 13.3. The summed E-state index contributed by atoms with van der Waals surface area (Å²) in [7, 11) is 1.66. The molecule has 1 aliphatic heterocycles. The lowest BCUT2D eigenvalue weighted by atomic mass is 9.92. The van der Waals surface area contributed by atoms with Crippen LogP contribution in [0.1, 0.15) is 52.8 Å². The van der Waals surface area contributed by atoms with Gasteiger partial charge in [0.1, 0.15) is 19.7 Å². The first-order valence-corrected chi connectivity index (χ1v) is 10.3. The van der Waals surface area contributed by atoms with Gasteiger partial charge < -0.3 is 24.4 Å². The minimum Gasteiger partial charge on any atom is -0.476 e. The van der Waals surface area contributed by atoms with E-state index in [1.54, 1.807) is 27.0 Å². The molecule has 0 spiro atoms. The summed E-state index contributed by atoms with van der Waals surface area (Å²) in [5.74, 6) is -1.02. The second-order valence-corrected chi connectivity index (χ2v) is 7.75. The van der Waals surface area contributed by atoms with Gasteiger partial charge in [-0.15, -0.1) is 0 Å². The molecule has 2 fully saturated rings. The van der Waals surface area contributed by atoms with Crippen LogP contribution >= 0.6 is 0 Å². The summed E-state index contributed by atoms with van der Waals surface area (Å²) in [4.78, 5) is 31.8. The number of anilines is 1. The molecule has 30 heavy (non-hydrogen) atoms. The van der Waals surface area contributed by atoms with Gasteiger partial charge in [-0.05, 0) is 43.7 Å². The van der Waals surface area contributed by atoms with Gasteiger partial charge in [0.2, 0.25) is 12.7 Å². The summed E-state index contributed by atoms with van der Waals surface area (Å²) in [6.07, 6.45) is 2.50. The molecule has 0 atom stereocenters. The molecular weight excluding hydrogens is 393 g/mol. The minimum absolute atomic E-state index is 0.0331. The molecule has 3 rings (SSSR count). The lowest BCUT2D eigenvalue weighted by molar-refractivity contribution is -0.155. The number of methoxy groups -OCH3 is 1. The SMILES string of the molecule is [2H]C([2H])(F)OC(=O)C(CC)(CC)NC(=O)c1ccc(N2CC(OC)C2)c(OCC2CC2)n1. The van der Waals surface area contributed by atoms with Gasteiger partial charge in [-0.25, -0.2) is 14.2 Å². The summed E-state index contributed by atoms with van der Waals surface area (Å²) in [5, 5.41) is 2.57. The molecular formula is C21H30FN3O5. The van der Waals surface area contributed by atoms with Gasteiger partial charge in [0, 0.05) is 20.2 Å². The van der Waals surface area contributed by atoms with Gasteiger partial charge in [0.05, 0.1) is 12.7 Å². The standard InChI is InChI=1S/C21H30FN3O5/c1-4-21(5-2,20(27)30-13-22)24-18(26)16-8-9-17(25-10-15(11-25)28-3)19(23-16)29-12-14-6-7-14/h8-9,14-15H,4-7,10-13H2,1-3H3,(H,24,26)/i13D2. The Kier molecular flexibility index (Phi) is 6.25. The third-order valence-corrected chi connectivity index (χ3v) is 5.83. The number of pyridine rings is 1. The van der Waals surface area contributed by atoms with Crippen molar-refractivity contribution in [1.29, 1.82) is 0 Å². The van der Waals surface area contributed by atoms with Gasteiger partial charge >= 0.3 is 5.97 Å². The fourth-order valence-electron chi connectivity index (χ4n) is 3.35. The molecule has 8 nitrogen and oxygen atoms in total. The van der Waals surface area contributed by atoms with Crippen LogP contribution in [0.4, 0.5) is 10.1 Å². The lowest BCUT2D eigenvalue weighted by Gasteiger charge is -2.40. The second-order valence-electron chi connectivity index (χ2n) is 7.75. The number of esters is 1.